The van der Waals surface area contributed by atoms with Crippen molar-refractivity contribution in [3.8, 4) is 11.5 Å². The van der Waals surface area contributed by atoms with Gasteiger partial charge in [0.2, 0.25) is 6.79 Å². The quantitative estimate of drug-likeness (QED) is 0.871. The van der Waals surface area contributed by atoms with Crippen LogP contribution in [0.2, 0.25) is 0 Å². The van der Waals surface area contributed by atoms with Gasteiger partial charge >= 0.3 is 6.03 Å². The maximum Gasteiger partial charge on any atom is 0.321 e. The molecular weight excluding hydrogens is 326 g/mol. The number of carbonyl (C=O) groups is 2. The number of hydrogen-bond donors (Lipinski definition) is 1. The zero-order chi connectivity index (χ0) is 17.2. The van der Waals surface area contributed by atoms with E-state index >= 15 is 0 Å². The van der Waals surface area contributed by atoms with Crippen molar-refractivity contribution in [1.82, 2.24) is 9.80 Å². The molecule has 2 fully saturated rings. The molecule has 0 bridgehead atoms. The number of benzene rings is 1. The Morgan fingerprint density at radius 1 is 1.04 bits per heavy atom. The van der Waals surface area contributed by atoms with Gasteiger partial charge in [-0.3, -0.25) is 4.79 Å². The highest BCUT2D eigenvalue weighted by molar-refractivity contribution is 5.90. The van der Waals surface area contributed by atoms with Gasteiger partial charge in [-0.25, -0.2) is 4.79 Å². The first-order valence-electron chi connectivity index (χ1n) is 8.57. The summed E-state index contributed by atoms with van der Waals surface area (Å²) in [4.78, 5) is 28.3. The molecule has 0 unspecified atom stereocenters. The van der Waals surface area contributed by atoms with Crippen molar-refractivity contribution in [2.75, 3.05) is 44.9 Å². The molecule has 25 heavy (non-hydrogen) atoms. The lowest BCUT2D eigenvalue weighted by atomic mass is 10.2. The maximum absolute atomic E-state index is 12.4. The minimum atomic E-state index is -0.297. The predicted octanol–water partition coefficient (Wildman–Crippen LogP) is 1.27. The molecule has 3 aliphatic rings. The van der Waals surface area contributed by atoms with Crippen LogP contribution in [-0.2, 0) is 9.53 Å². The van der Waals surface area contributed by atoms with Crippen molar-refractivity contribution in [1.29, 1.82) is 0 Å². The third-order valence-electron chi connectivity index (χ3n) is 4.71. The number of amides is 3. The summed E-state index contributed by atoms with van der Waals surface area (Å²) in [7, 11) is 0. The van der Waals surface area contributed by atoms with E-state index in [2.05, 4.69) is 5.32 Å². The lowest BCUT2D eigenvalue weighted by Gasteiger charge is -2.35. The van der Waals surface area contributed by atoms with Crippen molar-refractivity contribution in [3.05, 3.63) is 18.2 Å². The predicted molar refractivity (Wildman–Crippen MR) is 88.7 cm³/mol. The molecular formula is C17H21N3O5. The first-order valence-corrected chi connectivity index (χ1v) is 8.57. The van der Waals surface area contributed by atoms with Gasteiger partial charge in [0.05, 0.1) is 0 Å². The summed E-state index contributed by atoms with van der Waals surface area (Å²) >= 11 is 0. The average molecular weight is 347 g/mol. The zero-order valence-corrected chi connectivity index (χ0v) is 13.9. The highest BCUT2D eigenvalue weighted by atomic mass is 16.7. The molecule has 1 aromatic carbocycles. The fourth-order valence-corrected chi connectivity index (χ4v) is 3.28. The average Bonchev–Trinajstić information content (AvgIpc) is 3.32. The van der Waals surface area contributed by atoms with E-state index in [9.17, 15) is 9.59 Å². The van der Waals surface area contributed by atoms with Crippen molar-refractivity contribution < 1.29 is 23.8 Å². The Morgan fingerprint density at radius 3 is 2.56 bits per heavy atom. The molecule has 2 saturated heterocycles. The Kier molecular flexibility index (Phi) is 4.35. The van der Waals surface area contributed by atoms with Gasteiger partial charge in [0.15, 0.2) is 11.5 Å². The molecule has 134 valence electrons. The summed E-state index contributed by atoms with van der Waals surface area (Å²) < 4.78 is 16.0. The molecule has 1 N–H and O–H groups in total. The molecule has 1 atom stereocenters. The standard InChI is InChI=1S/C17H21N3O5/c21-16(14-2-1-9-23-14)19-5-7-20(8-6-19)17(22)18-12-3-4-13-15(10-12)25-11-24-13/h3-4,10,14H,1-2,5-9,11H2,(H,18,22)/t14-/m1/s1. The number of rotatable bonds is 2. The van der Waals surface area contributed by atoms with Gasteiger partial charge in [0.1, 0.15) is 6.10 Å². The highest BCUT2D eigenvalue weighted by Gasteiger charge is 2.31. The second kappa shape index (κ2) is 6.79. The molecule has 1 aromatic rings. The monoisotopic (exact) mass is 347 g/mol. The van der Waals surface area contributed by atoms with Crippen molar-refractivity contribution >= 4 is 17.6 Å². The Labute approximate surface area is 145 Å². The van der Waals surface area contributed by atoms with Crippen molar-refractivity contribution in [2.45, 2.75) is 18.9 Å². The topological polar surface area (TPSA) is 80.3 Å². The Hall–Kier alpha value is -2.48. The van der Waals surface area contributed by atoms with E-state index in [1.54, 1.807) is 28.0 Å². The van der Waals surface area contributed by atoms with Crippen LogP contribution in [0.25, 0.3) is 0 Å². The van der Waals surface area contributed by atoms with E-state index in [0.29, 0.717) is 50.0 Å². The van der Waals surface area contributed by atoms with Crippen LogP contribution >= 0.6 is 0 Å². The molecule has 8 nitrogen and oxygen atoms in total. The number of anilines is 1. The molecule has 0 saturated carbocycles. The van der Waals surface area contributed by atoms with E-state index in [1.165, 1.54) is 0 Å². The SMILES string of the molecule is O=C(Nc1ccc2c(c1)OCO2)N1CCN(C(=O)[C@H]2CCCO2)CC1. The molecule has 3 aliphatic heterocycles. The number of carbonyl (C=O) groups excluding carboxylic acids is 2. The van der Waals surface area contributed by atoms with Crippen LogP contribution in [0.5, 0.6) is 11.5 Å². The second-order valence-electron chi connectivity index (χ2n) is 6.31. The van der Waals surface area contributed by atoms with Gasteiger partial charge in [-0.2, -0.15) is 0 Å². The number of fused-ring (bicyclic) bond motifs is 1. The summed E-state index contributed by atoms with van der Waals surface area (Å²) in [6.45, 7) is 2.95. The number of ether oxygens (including phenoxy) is 3. The summed E-state index contributed by atoms with van der Waals surface area (Å²) in [5, 5.41) is 2.86. The van der Waals surface area contributed by atoms with Crippen molar-refractivity contribution in [3.63, 3.8) is 0 Å². The van der Waals surface area contributed by atoms with E-state index < -0.39 is 0 Å². The smallest absolute Gasteiger partial charge is 0.321 e. The molecule has 0 aliphatic carbocycles. The summed E-state index contributed by atoms with van der Waals surface area (Å²) in [6, 6.07) is 5.12. The van der Waals surface area contributed by atoms with Crippen LogP contribution in [0, 0.1) is 0 Å². The maximum atomic E-state index is 12.4. The summed E-state index contributed by atoms with van der Waals surface area (Å²) in [6.07, 6.45) is 1.44. The van der Waals surface area contributed by atoms with Crippen LogP contribution in [0.4, 0.5) is 10.5 Å². The van der Waals surface area contributed by atoms with E-state index in [0.717, 1.165) is 12.8 Å². The van der Waals surface area contributed by atoms with Gasteiger partial charge in [-0.1, -0.05) is 0 Å². The Balaban J connectivity index is 1.30. The second-order valence-corrected chi connectivity index (χ2v) is 6.31. The number of urea groups is 1. The van der Waals surface area contributed by atoms with Gasteiger partial charge in [0, 0.05) is 44.5 Å². The first-order chi connectivity index (χ1) is 12.2. The zero-order valence-electron chi connectivity index (χ0n) is 13.9. The highest BCUT2D eigenvalue weighted by Crippen LogP contribution is 2.34. The Bertz CT molecular complexity index is 666. The molecule has 4 rings (SSSR count). The minimum absolute atomic E-state index is 0.0494. The number of hydrogen-bond acceptors (Lipinski definition) is 5. The largest absolute Gasteiger partial charge is 0.454 e. The van der Waals surface area contributed by atoms with Crippen LogP contribution in [-0.4, -0.2) is 67.4 Å². The van der Waals surface area contributed by atoms with Gasteiger partial charge in [-0.05, 0) is 25.0 Å². The van der Waals surface area contributed by atoms with Crippen molar-refractivity contribution in [2.24, 2.45) is 0 Å². The lowest BCUT2D eigenvalue weighted by Crippen LogP contribution is -2.53. The van der Waals surface area contributed by atoms with E-state index in [-0.39, 0.29) is 24.8 Å². The third-order valence-corrected chi connectivity index (χ3v) is 4.71. The molecule has 0 spiro atoms. The number of nitrogens with one attached hydrogen (secondary N) is 1. The van der Waals surface area contributed by atoms with Gasteiger partial charge in [-0.15, -0.1) is 0 Å². The van der Waals surface area contributed by atoms with Crippen LogP contribution < -0.4 is 14.8 Å². The molecule has 0 aromatic heterocycles. The fraction of sp³-hybridized carbons (Fsp3) is 0.529. The van der Waals surface area contributed by atoms with Crippen LogP contribution in [0.1, 0.15) is 12.8 Å². The molecule has 8 heteroatoms. The third kappa shape index (κ3) is 3.34. The van der Waals surface area contributed by atoms with E-state index in [1.807, 2.05) is 0 Å². The fourth-order valence-electron chi connectivity index (χ4n) is 3.28. The molecule has 3 amide bonds. The lowest BCUT2D eigenvalue weighted by molar-refractivity contribution is -0.142. The van der Waals surface area contributed by atoms with E-state index in [4.69, 9.17) is 14.2 Å². The summed E-state index contributed by atoms with van der Waals surface area (Å²) in [5.41, 5.74) is 0.659. The normalized spacial score (nSPS) is 22.2. The molecule has 0 radical (unpaired) electrons. The first kappa shape index (κ1) is 16.0. The molecule has 3 heterocycles. The minimum Gasteiger partial charge on any atom is -0.454 e. The summed E-state index contributed by atoms with van der Waals surface area (Å²) in [5.74, 6) is 1.36. The van der Waals surface area contributed by atoms with Gasteiger partial charge < -0.3 is 29.3 Å². The number of nitrogens with zero attached hydrogens (tertiary/aromatic N) is 2. The Morgan fingerprint density at radius 2 is 1.80 bits per heavy atom. The van der Waals surface area contributed by atoms with Crippen LogP contribution in [0.15, 0.2) is 18.2 Å². The van der Waals surface area contributed by atoms with Crippen LogP contribution in [0.3, 0.4) is 0 Å². The number of piperazine rings is 1. The van der Waals surface area contributed by atoms with Gasteiger partial charge in [0.25, 0.3) is 5.91 Å².